The van der Waals surface area contributed by atoms with Crippen LogP contribution in [0.25, 0.3) is 0 Å². The number of rotatable bonds is 6. The number of benzene rings is 2. The molecule has 0 spiro atoms. The standard InChI is InChI=1S/C16H19NOS/c1-19-16-9-7-13(8-10-16)14(11-17)12-18-15-5-3-2-4-6-15/h2-10,14H,11-12,17H2,1H3. The highest BCUT2D eigenvalue weighted by molar-refractivity contribution is 7.98. The molecule has 2 nitrogen and oxygen atoms in total. The van der Waals surface area contributed by atoms with Crippen molar-refractivity contribution in [2.24, 2.45) is 5.73 Å². The summed E-state index contributed by atoms with van der Waals surface area (Å²) in [5.74, 6) is 1.12. The number of nitrogens with two attached hydrogens (primary N) is 1. The first kappa shape index (κ1) is 14.0. The van der Waals surface area contributed by atoms with Gasteiger partial charge in [-0.2, -0.15) is 0 Å². The first-order chi connectivity index (χ1) is 9.33. The molecule has 0 aliphatic heterocycles. The van der Waals surface area contributed by atoms with Crippen LogP contribution in [0.1, 0.15) is 11.5 Å². The Kier molecular flexibility index (Phi) is 5.31. The van der Waals surface area contributed by atoms with E-state index < -0.39 is 0 Å². The van der Waals surface area contributed by atoms with Crippen LogP contribution in [0, 0.1) is 0 Å². The lowest BCUT2D eigenvalue weighted by atomic mass is 10.0. The van der Waals surface area contributed by atoms with Crippen LogP contribution in [-0.2, 0) is 0 Å². The average molecular weight is 273 g/mol. The lowest BCUT2D eigenvalue weighted by Gasteiger charge is -2.16. The Morgan fingerprint density at radius 3 is 2.32 bits per heavy atom. The Hall–Kier alpha value is -1.45. The summed E-state index contributed by atoms with van der Waals surface area (Å²) in [4.78, 5) is 1.27. The smallest absolute Gasteiger partial charge is 0.119 e. The van der Waals surface area contributed by atoms with Crippen molar-refractivity contribution < 1.29 is 4.74 Å². The molecule has 2 N–H and O–H groups in total. The zero-order valence-corrected chi connectivity index (χ0v) is 11.9. The molecule has 0 heterocycles. The van der Waals surface area contributed by atoms with Crippen LogP contribution in [0.3, 0.4) is 0 Å². The van der Waals surface area contributed by atoms with Gasteiger partial charge in [0, 0.05) is 17.4 Å². The SMILES string of the molecule is CSc1ccc(C(CN)COc2ccccc2)cc1. The molecular formula is C16H19NOS. The fourth-order valence-electron chi connectivity index (χ4n) is 1.89. The second-order valence-electron chi connectivity index (χ2n) is 4.33. The summed E-state index contributed by atoms with van der Waals surface area (Å²) in [6, 6.07) is 18.4. The van der Waals surface area contributed by atoms with Gasteiger partial charge < -0.3 is 10.5 Å². The minimum absolute atomic E-state index is 0.233. The quantitative estimate of drug-likeness (QED) is 0.818. The Bertz CT molecular complexity index is 484. The van der Waals surface area contributed by atoms with Crippen molar-refractivity contribution in [2.75, 3.05) is 19.4 Å². The van der Waals surface area contributed by atoms with E-state index in [9.17, 15) is 0 Å². The Morgan fingerprint density at radius 1 is 1.05 bits per heavy atom. The van der Waals surface area contributed by atoms with Crippen LogP contribution in [0.2, 0.25) is 0 Å². The molecule has 0 radical (unpaired) electrons. The molecule has 0 saturated heterocycles. The Balaban J connectivity index is 1.99. The monoisotopic (exact) mass is 273 g/mol. The van der Waals surface area contributed by atoms with E-state index in [-0.39, 0.29) is 5.92 Å². The summed E-state index contributed by atoms with van der Waals surface area (Å²) in [5, 5.41) is 0. The van der Waals surface area contributed by atoms with Crippen LogP contribution in [0.15, 0.2) is 59.5 Å². The molecule has 0 aliphatic rings. The van der Waals surface area contributed by atoms with Crippen LogP contribution in [-0.4, -0.2) is 19.4 Å². The lowest BCUT2D eigenvalue weighted by Crippen LogP contribution is -2.19. The average Bonchev–Trinajstić information content (AvgIpc) is 2.49. The number of hydrogen-bond acceptors (Lipinski definition) is 3. The van der Waals surface area contributed by atoms with E-state index in [4.69, 9.17) is 10.5 Å². The van der Waals surface area contributed by atoms with E-state index in [0.29, 0.717) is 13.2 Å². The van der Waals surface area contributed by atoms with E-state index in [1.165, 1.54) is 10.5 Å². The summed E-state index contributed by atoms with van der Waals surface area (Å²) in [6.45, 7) is 1.20. The van der Waals surface area contributed by atoms with E-state index >= 15 is 0 Å². The van der Waals surface area contributed by atoms with Gasteiger partial charge in [-0.05, 0) is 36.1 Å². The third kappa shape index (κ3) is 4.01. The summed E-state index contributed by atoms with van der Waals surface area (Å²) in [7, 11) is 0. The third-order valence-electron chi connectivity index (χ3n) is 3.07. The highest BCUT2D eigenvalue weighted by Crippen LogP contribution is 2.21. The summed E-state index contributed by atoms with van der Waals surface area (Å²) < 4.78 is 5.78. The second-order valence-corrected chi connectivity index (χ2v) is 5.21. The minimum Gasteiger partial charge on any atom is -0.493 e. The normalized spacial score (nSPS) is 12.1. The number of thioether (sulfide) groups is 1. The molecule has 2 rings (SSSR count). The van der Waals surface area contributed by atoms with Crippen LogP contribution < -0.4 is 10.5 Å². The summed E-state index contributed by atoms with van der Waals surface area (Å²) in [6.07, 6.45) is 2.08. The third-order valence-corrected chi connectivity index (χ3v) is 3.81. The number of hydrogen-bond donors (Lipinski definition) is 1. The zero-order valence-electron chi connectivity index (χ0n) is 11.1. The fourth-order valence-corrected chi connectivity index (χ4v) is 2.30. The first-order valence-corrected chi connectivity index (χ1v) is 7.58. The lowest BCUT2D eigenvalue weighted by molar-refractivity contribution is 0.290. The van der Waals surface area contributed by atoms with Gasteiger partial charge in [0.1, 0.15) is 5.75 Å². The first-order valence-electron chi connectivity index (χ1n) is 6.35. The maximum absolute atomic E-state index is 5.85. The van der Waals surface area contributed by atoms with Gasteiger partial charge in [-0.25, -0.2) is 0 Å². The molecule has 0 aromatic heterocycles. The molecule has 100 valence electrons. The van der Waals surface area contributed by atoms with Crippen molar-refractivity contribution in [1.29, 1.82) is 0 Å². The predicted molar refractivity (Wildman–Crippen MR) is 82.0 cm³/mol. The number of para-hydroxylation sites is 1. The molecule has 0 fully saturated rings. The van der Waals surface area contributed by atoms with Crippen molar-refractivity contribution in [3.63, 3.8) is 0 Å². The van der Waals surface area contributed by atoms with Gasteiger partial charge in [-0.3, -0.25) is 0 Å². The van der Waals surface area contributed by atoms with Gasteiger partial charge in [-0.15, -0.1) is 11.8 Å². The van der Waals surface area contributed by atoms with E-state index in [1.54, 1.807) is 11.8 Å². The van der Waals surface area contributed by atoms with Gasteiger partial charge in [0.05, 0.1) is 6.61 Å². The van der Waals surface area contributed by atoms with Crippen molar-refractivity contribution in [3.8, 4) is 5.75 Å². The predicted octanol–water partition coefficient (Wildman–Crippen LogP) is 3.53. The van der Waals surface area contributed by atoms with Gasteiger partial charge >= 0.3 is 0 Å². The minimum atomic E-state index is 0.233. The Labute approximate surface area is 119 Å². The fraction of sp³-hybridized carbons (Fsp3) is 0.250. The largest absolute Gasteiger partial charge is 0.493 e. The zero-order chi connectivity index (χ0) is 13.5. The summed E-state index contributed by atoms with van der Waals surface area (Å²) in [5.41, 5.74) is 7.09. The maximum Gasteiger partial charge on any atom is 0.119 e. The van der Waals surface area contributed by atoms with E-state index in [0.717, 1.165) is 5.75 Å². The van der Waals surface area contributed by atoms with Crippen molar-refractivity contribution >= 4 is 11.8 Å². The summed E-state index contributed by atoms with van der Waals surface area (Å²) >= 11 is 1.74. The van der Waals surface area contributed by atoms with Gasteiger partial charge in [0.2, 0.25) is 0 Å². The molecule has 19 heavy (non-hydrogen) atoms. The maximum atomic E-state index is 5.85. The molecule has 1 unspecified atom stereocenters. The molecule has 2 aromatic rings. The van der Waals surface area contributed by atoms with E-state index in [2.05, 4.69) is 30.5 Å². The topological polar surface area (TPSA) is 35.2 Å². The van der Waals surface area contributed by atoms with Gasteiger partial charge in [0.15, 0.2) is 0 Å². The molecule has 0 aliphatic carbocycles. The number of ether oxygens (including phenoxy) is 1. The van der Waals surface area contributed by atoms with Crippen molar-refractivity contribution in [2.45, 2.75) is 10.8 Å². The van der Waals surface area contributed by atoms with Gasteiger partial charge in [0.25, 0.3) is 0 Å². The van der Waals surface area contributed by atoms with Crippen molar-refractivity contribution in [1.82, 2.24) is 0 Å². The molecule has 0 saturated carbocycles. The second kappa shape index (κ2) is 7.22. The molecule has 1 atom stereocenters. The van der Waals surface area contributed by atoms with Crippen LogP contribution in [0.5, 0.6) is 5.75 Å². The highest BCUT2D eigenvalue weighted by atomic mass is 32.2. The Morgan fingerprint density at radius 2 is 1.74 bits per heavy atom. The molecule has 0 bridgehead atoms. The molecule has 0 amide bonds. The van der Waals surface area contributed by atoms with Crippen molar-refractivity contribution in [3.05, 3.63) is 60.2 Å². The highest BCUT2D eigenvalue weighted by Gasteiger charge is 2.10. The molecular weight excluding hydrogens is 254 g/mol. The van der Waals surface area contributed by atoms with Crippen LogP contribution in [0.4, 0.5) is 0 Å². The van der Waals surface area contributed by atoms with Crippen LogP contribution >= 0.6 is 11.8 Å². The molecule has 3 heteroatoms. The van der Waals surface area contributed by atoms with Gasteiger partial charge in [-0.1, -0.05) is 30.3 Å². The van der Waals surface area contributed by atoms with E-state index in [1.807, 2.05) is 30.3 Å². The molecule has 2 aromatic carbocycles.